The number of hydrogen-bond acceptors (Lipinski definition) is 3. The SMILES string of the molecule is FC(F)(F)C1=CC(c2ccccc2)N=C2CC=NN12. The highest BCUT2D eigenvalue weighted by Crippen LogP contribution is 2.37. The molecule has 0 fully saturated rings. The quantitative estimate of drug-likeness (QED) is 0.765. The Morgan fingerprint density at radius 1 is 1.16 bits per heavy atom. The minimum absolute atomic E-state index is 0.330. The van der Waals surface area contributed by atoms with Crippen molar-refractivity contribution in [2.45, 2.75) is 18.6 Å². The lowest BCUT2D eigenvalue weighted by molar-refractivity contribution is -0.106. The Morgan fingerprint density at radius 2 is 1.89 bits per heavy atom. The molecule has 19 heavy (non-hydrogen) atoms. The van der Waals surface area contributed by atoms with E-state index in [-0.39, 0.29) is 0 Å². The predicted molar refractivity (Wildman–Crippen MR) is 65.7 cm³/mol. The molecule has 0 saturated heterocycles. The molecule has 3 nitrogen and oxygen atoms in total. The van der Waals surface area contributed by atoms with E-state index < -0.39 is 17.9 Å². The van der Waals surface area contributed by atoms with Gasteiger partial charge in [-0.05, 0) is 11.6 Å². The van der Waals surface area contributed by atoms with Crippen LogP contribution in [-0.2, 0) is 0 Å². The molecular weight excluding hydrogens is 255 g/mol. The maximum absolute atomic E-state index is 13.0. The highest BCUT2D eigenvalue weighted by Gasteiger charge is 2.43. The molecule has 0 bridgehead atoms. The molecule has 0 saturated carbocycles. The molecule has 2 aliphatic heterocycles. The van der Waals surface area contributed by atoms with Gasteiger partial charge in [0.1, 0.15) is 11.5 Å². The summed E-state index contributed by atoms with van der Waals surface area (Å²) in [5.74, 6) is 0.337. The normalized spacial score (nSPS) is 22.1. The molecule has 3 rings (SSSR count). The largest absolute Gasteiger partial charge is 0.433 e. The van der Waals surface area contributed by atoms with Crippen LogP contribution in [-0.4, -0.2) is 23.2 Å². The summed E-state index contributed by atoms with van der Waals surface area (Å²) in [6, 6.07) is 8.32. The van der Waals surface area contributed by atoms with Crippen LogP contribution < -0.4 is 0 Å². The third-order valence-corrected chi connectivity index (χ3v) is 2.98. The maximum Gasteiger partial charge on any atom is 0.433 e. The molecule has 6 heteroatoms. The van der Waals surface area contributed by atoms with E-state index in [0.717, 1.165) is 16.6 Å². The number of rotatable bonds is 1. The van der Waals surface area contributed by atoms with Crippen molar-refractivity contribution in [2.75, 3.05) is 0 Å². The molecule has 1 unspecified atom stereocenters. The van der Waals surface area contributed by atoms with Crippen LogP contribution in [0.25, 0.3) is 0 Å². The highest BCUT2D eigenvalue weighted by molar-refractivity contribution is 5.99. The highest BCUT2D eigenvalue weighted by atomic mass is 19.4. The van der Waals surface area contributed by atoms with Crippen LogP contribution in [0.1, 0.15) is 18.0 Å². The van der Waals surface area contributed by atoms with Gasteiger partial charge in [-0.3, -0.25) is 4.99 Å². The van der Waals surface area contributed by atoms with Crippen molar-refractivity contribution in [1.82, 2.24) is 5.01 Å². The van der Waals surface area contributed by atoms with E-state index in [2.05, 4.69) is 10.1 Å². The number of fused-ring (bicyclic) bond motifs is 1. The second-order valence-corrected chi connectivity index (χ2v) is 4.26. The van der Waals surface area contributed by atoms with Gasteiger partial charge in [0.05, 0.1) is 6.04 Å². The number of benzene rings is 1. The van der Waals surface area contributed by atoms with Gasteiger partial charge < -0.3 is 0 Å². The lowest BCUT2D eigenvalue weighted by Crippen LogP contribution is -2.33. The Labute approximate surface area is 107 Å². The van der Waals surface area contributed by atoms with E-state index in [4.69, 9.17) is 0 Å². The number of hydrogen-bond donors (Lipinski definition) is 0. The molecule has 1 aromatic carbocycles. The average Bonchev–Trinajstić information content (AvgIpc) is 2.85. The number of hydrazone groups is 1. The van der Waals surface area contributed by atoms with Crippen molar-refractivity contribution in [3.8, 4) is 0 Å². The molecular formula is C13H10F3N3. The van der Waals surface area contributed by atoms with E-state index in [1.807, 2.05) is 6.07 Å². The van der Waals surface area contributed by atoms with Gasteiger partial charge in [-0.2, -0.15) is 18.3 Å². The minimum atomic E-state index is -4.43. The van der Waals surface area contributed by atoms with Gasteiger partial charge >= 0.3 is 6.18 Å². The zero-order chi connectivity index (χ0) is 13.5. The third kappa shape index (κ3) is 2.14. The lowest BCUT2D eigenvalue weighted by Gasteiger charge is -2.27. The fraction of sp³-hybridized carbons (Fsp3) is 0.231. The zero-order valence-corrected chi connectivity index (χ0v) is 9.80. The van der Waals surface area contributed by atoms with Gasteiger partial charge in [0, 0.05) is 12.6 Å². The Kier molecular flexibility index (Phi) is 2.66. The number of nitrogens with zero attached hydrogens (tertiary/aromatic N) is 3. The van der Waals surface area contributed by atoms with Gasteiger partial charge in [-0.15, -0.1) is 0 Å². The molecule has 0 amide bonds. The van der Waals surface area contributed by atoms with Gasteiger partial charge in [0.25, 0.3) is 0 Å². The topological polar surface area (TPSA) is 28.0 Å². The maximum atomic E-state index is 13.0. The number of aliphatic imine (C=N–C) groups is 1. The molecule has 0 N–H and O–H groups in total. The summed E-state index contributed by atoms with van der Waals surface area (Å²) in [6.07, 6.45) is -1.56. The van der Waals surface area contributed by atoms with Gasteiger partial charge in [-0.25, -0.2) is 5.01 Å². The first-order valence-corrected chi connectivity index (χ1v) is 5.79. The van der Waals surface area contributed by atoms with Crippen molar-refractivity contribution < 1.29 is 13.2 Å². The Balaban J connectivity index is 2.03. The van der Waals surface area contributed by atoms with Crippen molar-refractivity contribution in [3.05, 3.63) is 47.7 Å². The van der Waals surface area contributed by atoms with E-state index in [0.29, 0.717) is 12.3 Å². The molecule has 1 aromatic rings. The van der Waals surface area contributed by atoms with Crippen LogP contribution >= 0.6 is 0 Å². The zero-order valence-electron chi connectivity index (χ0n) is 9.80. The number of alkyl halides is 3. The first-order valence-electron chi connectivity index (χ1n) is 5.79. The fourth-order valence-electron chi connectivity index (χ4n) is 2.12. The van der Waals surface area contributed by atoms with Crippen LogP contribution in [0.3, 0.4) is 0 Å². The number of halogens is 3. The summed E-state index contributed by atoms with van der Waals surface area (Å²) < 4.78 is 39.1. The van der Waals surface area contributed by atoms with Crippen molar-refractivity contribution in [2.24, 2.45) is 10.1 Å². The smallest absolute Gasteiger partial charge is 0.258 e. The van der Waals surface area contributed by atoms with Crippen LogP contribution in [0.4, 0.5) is 13.2 Å². The minimum Gasteiger partial charge on any atom is -0.258 e. The van der Waals surface area contributed by atoms with Crippen molar-refractivity contribution >= 4 is 12.1 Å². The first-order chi connectivity index (χ1) is 9.05. The predicted octanol–water partition coefficient (Wildman–Crippen LogP) is 3.28. The Hall–Kier alpha value is -2.11. The molecule has 2 heterocycles. The standard InChI is InChI=1S/C13H10F3N3/c14-13(15,16)11-8-10(9-4-2-1-3-5-9)18-12-6-7-17-19(11)12/h1-5,7-8,10H,6H2. The number of allylic oxidation sites excluding steroid dienone is 1. The Morgan fingerprint density at radius 3 is 2.58 bits per heavy atom. The van der Waals surface area contributed by atoms with Crippen molar-refractivity contribution in [1.29, 1.82) is 0 Å². The summed E-state index contributed by atoms with van der Waals surface area (Å²) in [6.45, 7) is 0. The van der Waals surface area contributed by atoms with Crippen LogP contribution in [0.5, 0.6) is 0 Å². The van der Waals surface area contributed by atoms with E-state index >= 15 is 0 Å². The number of amidine groups is 1. The molecule has 0 spiro atoms. The van der Waals surface area contributed by atoms with Gasteiger partial charge in [0.2, 0.25) is 0 Å². The molecule has 1 atom stereocenters. The van der Waals surface area contributed by atoms with E-state index in [1.54, 1.807) is 24.3 Å². The fourth-order valence-corrected chi connectivity index (χ4v) is 2.12. The van der Waals surface area contributed by atoms with Gasteiger partial charge in [-0.1, -0.05) is 30.3 Å². The van der Waals surface area contributed by atoms with E-state index in [1.165, 1.54) is 6.21 Å². The van der Waals surface area contributed by atoms with Crippen LogP contribution in [0, 0.1) is 0 Å². The summed E-state index contributed by atoms with van der Waals surface area (Å²) in [4.78, 5) is 4.32. The van der Waals surface area contributed by atoms with Crippen molar-refractivity contribution in [3.63, 3.8) is 0 Å². The molecule has 98 valence electrons. The van der Waals surface area contributed by atoms with Crippen LogP contribution in [0.2, 0.25) is 0 Å². The van der Waals surface area contributed by atoms with Gasteiger partial charge in [0.15, 0.2) is 0 Å². The Bertz CT molecular complexity index is 573. The first kappa shape index (κ1) is 12.0. The third-order valence-electron chi connectivity index (χ3n) is 2.98. The average molecular weight is 265 g/mol. The van der Waals surface area contributed by atoms with E-state index in [9.17, 15) is 13.2 Å². The molecule has 0 radical (unpaired) electrons. The molecule has 2 aliphatic rings. The molecule has 0 aromatic heterocycles. The summed E-state index contributed by atoms with van der Waals surface area (Å²) in [7, 11) is 0. The summed E-state index contributed by atoms with van der Waals surface area (Å²) in [5.41, 5.74) is -0.0246. The second-order valence-electron chi connectivity index (χ2n) is 4.26. The molecule has 0 aliphatic carbocycles. The van der Waals surface area contributed by atoms with Crippen LogP contribution in [0.15, 0.2) is 52.2 Å². The summed E-state index contributed by atoms with van der Waals surface area (Å²) in [5, 5.41) is 4.60. The second kappa shape index (κ2) is 4.22. The lowest BCUT2D eigenvalue weighted by atomic mass is 10.0. The monoisotopic (exact) mass is 265 g/mol. The summed E-state index contributed by atoms with van der Waals surface area (Å²) >= 11 is 0.